The maximum Gasteiger partial charge on any atom is 0.343 e. The number of para-hydroxylation sites is 2. The highest BCUT2D eigenvalue weighted by atomic mass is 32.2. The average molecular weight is 415 g/mol. The lowest BCUT2D eigenvalue weighted by atomic mass is 10.2. The first-order valence-electron chi connectivity index (χ1n) is 8.52. The van der Waals surface area contributed by atoms with Crippen molar-refractivity contribution < 1.29 is 27.1 Å². The quantitative estimate of drug-likeness (QED) is 0.451. The van der Waals surface area contributed by atoms with E-state index in [4.69, 9.17) is 9.47 Å². The number of rotatable bonds is 6. The van der Waals surface area contributed by atoms with Gasteiger partial charge in [0.1, 0.15) is 17.3 Å². The van der Waals surface area contributed by atoms with Crippen LogP contribution in [0, 0.1) is 5.82 Å². The Labute approximate surface area is 168 Å². The van der Waals surface area contributed by atoms with Gasteiger partial charge in [-0.2, -0.15) is 0 Å². The van der Waals surface area contributed by atoms with Gasteiger partial charge in [0.25, 0.3) is 10.0 Å². The Bertz CT molecular complexity index is 1110. The van der Waals surface area contributed by atoms with Gasteiger partial charge in [0.15, 0.2) is 0 Å². The second-order valence-electron chi connectivity index (χ2n) is 6.01. The van der Waals surface area contributed by atoms with Crippen molar-refractivity contribution in [2.75, 3.05) is 18.5 Å². The molecule has 3 aromatic carbocycles. The largest absolute Gasteiger partial charge is 0.495 e. The summed E-state index contributed by atoms with van der Waals surface area (Å²) in [5.41, 5.74) is 0.544. The molecular weight excluding hydrogens is 397 g/mol. The van der Waals surface area contributed by atoms with Crippen LogP contribution in [0.25, 0.3) is 0 Å². The third-order valence-electron chi connectivity index (χ3n) is 4.20. The predicted octanol–water partition coefficient (Wildman–Crippen LogP) is 3.88. The molecule has 0 amide bonds. The van der Waals surface area contributed by atoms with Gasteiger partial charge in [-0.3, -0.25) is 4.31 Å². The van der Waals surface area contributed by atoms with Gasteiger partial charge in [-0.1, -0.05) is 12.1 Å². The highest BCUT2D eigenvalue weighted by Crippen LogP contribution is 2.30. The standard InChI is InChI=1S/C21H18FNO5S/c1-23(19-5-3-4-6-20(19)27-2)29(25,26)18-13-7-15(8-14-18)21(24)28-17-11-9-16(22)10-12-17/h3-14H,1-2H3. The highest BCUT2D eigenvalue weighted by Gasteiger charge is 2.24. The monoisotopic (exact) mass is 415 g/mol. The molecule has 6 nitrogen and oxygen atoms in total. The van der Waals surface area contributed by atoms with Crippen LogP contribution in [0.1, 0.15) is 10.4 Å². The summed E-state index contributed by atoms with van der Waals surface area (Å²) < 4.78 is 50.3. The summed E-state index contributed by atoms with van der Waals surface area (Å²) in [5, 5.41) is 0. The number of carbonyl (C=O) groups excluding carboxylic acids is 1. The Balaban J connectivity index is 1.81. The minimum Gasteiger partial charge on any atom is -0.495 e. The molecule has 8 heteroatoms. The van der Waals surface area contributed by atoms with Crippen molar-refractivity contribution >= 4 is 21.7 Å². The summed E-state index contributed by atoms with van der Waals surface area (Å²) in [5.74, 6) is -0.528. The number of hydrogen-bond acceptors (Lipinski definition) is 5. The number of methoxy groups -OCH3 is 1. The summed E-state index contributed by atoms with van der Waals surface area (Å²) in [4.78, 5) is 12.2. The molecule has 0 N–H and O–H groups in total. The van der Waals surface area contributed by atoms with Crippen molar-refractivity contribution in [3.63, 3.8) is 0 Å². The van der Waals surface area contributed by atoms with E-state index in [0.717, 1.165) is 4.31 Å². The van der Waals surface area contributed by atoms with Crippen molar-refractivity contribution in [2.24, 2.45) is 0 Å². The molecule has 0 radical (unpaired) electrons. The van der Waals surface area contributed by atoms with Crippen LogP contribution in [0.15, 0.2) is 77.7 Å². The summed E-state index contributed by atoms with van der Waals surface area (Å²) in [6.07, 6.45) is 0. The Kier molecular flexibility index (Phi) is 5.84. The van der Waals surface area contributed by atoms with Gasteiger partial charge in [0.2, 0.25) is 0 Å². The lowest BCUT2D eigenvalue weighted by Crippen LogP contribution is -2.27. The Morgan fingerprint density at radius 2 is 1.55 bits per heavy atom. The molecule has 0 fully saturated rings. The fourth-order valence-corrected chi connectivity index (χ4v) is 3.82. The zero-order valence-electron chi connectivity index (χ0n) is 15.7. The molecule has 0 aliphatic rings. The molecule has 0 spiro atoms. The maximum absolute atomic E-state index is 12.9. The SMILES string of the molecule is COc1ccccc1N(C)S(=O)(=O)c1ccc(C(=O)Oc2ccc(F)cc2)cc1. The summed E-state index contributed by atoms with van der Waals surface area (Å²) >= 11 is 0. The van der Waals surface area contributed by atoms with Crippen molar-refractivity contribution in [3.05, 3.63) is 84.2 Å². The van der Waals surface area contributed by atoms with Crippen LogP contribution >= 0.6 is 0 Å². The normalized spacial score (nSPS) is 11.0. The smallest absolute Gasteiger partial charge is 0.343 e. The Hall–Kier alpha value is -3.39. The van der Waals surface area contributed by atoms with Crippen LogP contribution in [0.5, 0.6) is 11.5 Å². The van der Waals surface area contributed by atoms with Gasteiger partial charge in [0, 0.05) is 7.05 Å². The van der Waals surface area contributed by atoms with Crippen LogP contribution in [0.2, 0.25) is 0 Å². The molecule has 29 heavy (non-hydrogen) atoms. The van der Waals surface area contributed by atoms with Gasteiger partial charge in [0.05, 0.1) is 23.3 Å². The summed E-state index contributed by atoms with van der Waals surface area (Å²) in [6, 6.07) is 17.1. The van der Waals surface area contributed by atoms with E-state index in [2.05, 4.69) is 0 Å². The highest BCUT2D eigenvalue weighted by molar-refractivity contribution is 7.92. The molecule has 150 valence electrons. The van der Waals surface area contributed by atoms with E-state index in [1.54, 1.807) is 24.3 Å². The van der Waals surface area contributed by atoms with Gasteiger partial charge < -0.3 is 9.47 Å². The first kappa shape index (κ1) is 20.3. The number of esters is 1. The van der Waals surface area contributed by atoms with E-state index >= 15 is 0 Å². The van der Waals surface area contributed by atoms with E-state index in [9.17, 15) is 17.6 Å². The molecule has 0 unspecified atom stereocenters. The molecule has 0 aromatic heterocycles. The predicted molar refractivity (Wildman–Crippen MR) is 106 cm³/mol. The molecule has 0 aliphatic carbocycles. The van der Waals surface area contributed by atoms with E-state index < -0.39 is 21.8 Å². The molecular formula is C21H18FNO5S. The van der Waals surface area contributed by atoms with Crippen LogP contribution < -0.4 is 13.8 Å². The van der Waals surface area contributed by atoms with E-state index in [1.807, 2.05) is 0 Å². The minimum absolute atomic E-state index is 0.00392. The van der Waals surface area contributed by atoms with Crippen LogP contribution in [0.4, 0.5) is 10.1 Å². The van der Waals surface area contributed by atoms with Crippen molar-refractivity contribution in [3.8, 4) is 11.5 Å². The Morgan fingerprint density at radius 3 is 2.17 bits per heavy atom. The molecule has 0 saturated heterocycles. The third-order valence-corrected chi connectivity index (χ3v) is 5.98. The zero-order chi connectivity index (χ0) is 21.0. The fourth-order valence-electron chi connectivity index (χ4n) is 2.61. The number of carbonyl (C=O) groups is 1. The molecule has 0 atom stereocenters. The zero-order valence-corrected chi connectivity index (χ0v) is 16.5. The first-order valence-corrected chi connectivity index (χ1v) is 9.96. The maximum atomic E-state index is 12.9. The molecule has 0 bridgehead atoms. The summed E-state index contributed by atoms with van der Waals surface area (Å²) in [6.45, 7) is 0. The number of halogens is 1. The molecule has 0 aliphatic heterocycles. The number of hydrogen-bond donors (Lipinski definition) is 0. The number of anilines is 1. The van der Waals surface area contributed by atoms with Crippen LogP contribution in [-0.4, -0.2) is 28.5 Å². The second kappa shape index (κ2) is 8.32. The second-order valence-corrected chi connectivity index (χ2v) is 7.98. The fraction of sp³-hybridized carbons (Fsp3) is 0.0952. The number of nitrogens with zero attached hydrogens (tertiary/aromatic N) is 1. The van der Waals surface area contributed by atoms with Crippen LogP contribution in [-0.2, 0) is 10.0 Å². The third kappa shape index (κ3) is 4.38. The van der Waals surface area contributed by atoms with Crippen molar-refractivity contribution in [1.82, 2.24) is 0 Å². The van der Waals surface area contributed by atoms with Gasteiger partial charge in [-0.15, -0.1) is 0 Å². The number of ether oxygens (including phenoxy) is 2. The van der Waals surface area contributed by atoms with Crippen molar-refractivity contribution in [2.45, 2.75) is 4.90 Å². The van der Waals surface area contributed by atoms with E-state index in [-0.39, 0.29) is 16.2 Å². The molecule has 0 heterocycles. The average Bonchev–Trinajstić information content (AvgIpc) is 2.74. The van der Waals surface area contributed by atoms with Gasteiger partial charge in [-0.25, -0.2) is 17.6 Å². The van der Waals surface area contributed by atoms with Gasteiger partial charge >= 0.3 is 5.97 Å². The Morgan fingerprint density at radius 1 is 0.931 bits per heavy atom. The number of benzene rings is 3. The molecule has 0 saturated carbocycles. The minimum atomic E-state index is -3.87. The summed E-state index contributed by atoms with van der Waals surface area (Å²) in [7, 11) is -0.992. The van der Waals surface area contributed by atoms with E-state index in [0.29, 0.717) is 11.4 Å². The topological polar surface area (TPSA) is 72.9 Å². The number of sulfonamides is 1. The lowest BCUT2D eigenvalue weighted by molar-refractivity contribution is 0.0734. The van der Waals surface area contributed by atoms with Crippen molar-refractivity contribution in [1.29, 1.82) is 0 Å². The lowest BCUT2D eigenvalue weighted by Gasteiger charge is -2.21. The first-order chi connectivity index (χ1) is 13.8. The molecule has 3 aromatic rings. The molecule has 3 rings (SSSR count). The van der Waals surface area contributed by atoms with Gasteiger partial charge in [-0.05, 0) is 60.7 Å². The van der Waals surface area contributed by atoms with E-state index in [1.165, 1.54) is 62.7 Å². The van der Waals surface area contributed by atoms with Crippen LogP contribution in [0.3, 0.4) is 0 Å².